The summed E-state index contributed by atoms with van der Waals surface area (Å²) < 4.78 is 4.31. The molecule has 0 aliphatic heterocycles. The first kappa shape index (κ1) is 21.5. The summed E-state index contributed by atoms with van der Waals surface area (Å²) in [5, 5.41) is 23.6. The van der Waals surface area contributed by atoms with Gasteiger partial charge in [-0.05, 0) is 72.5 Å². The number of nitrogens with zero attached hydrogens (tertiary/aromatic N) is 4. The summed E-state index contributed by atoms with van der Waals surface area (Å²) in [4.78, 5) is 0. The van der Waals surface area contributed by atoms with E-state index in [1.807, 2.05) is 48.5 Å². The number of aromatic nitrogens is 2. The Morgan fingerprint density at radius 1 is 0.667 bits per heavy atom. The average Bonchev–Trinajstić information content (AvgIpc) is 3.62. The predicted molar refractivity (Wildman–Crippen MR) is 144 cm³/mol. The second kappa shape index (κ2) is 8.62. The number of nitriles is 2. The third kappa shape index (κ3) is 3.45. The molecule has 0 radical (unpaired) electrons. The molecular formula is C32H22N4. The van der Waals surface area contributed by atoms with Crippen LogP contribution in [0, 0.1) is 29.6 Å². The molecule has 0 spiro atoms. The van der Waals surface area contributed by atoms with Crippen molar-refractivity contribution in [2.75, 3.05) is 0 Å². The molecule has 4 aromatic carbocycles. The molecule has 0 atom stereocenters. The highest BCUT2D eigenvalue weighted by molar-refractivity contribution is 5.98. The Hall–Kier alpha value is -5.06. The fourth-order valence-electron chi connectivity index (χ4n) is 5.20. The van der Waals surface area contributed by atoms with Gasteiger partial charge in [-0.3, -0.25) is 0 Å². The maximum atomic E-state index is 10.1. The first-order chi connectivity index (χ1) is 17.7. The lowest BCUT2D eigenvalue weighted by Gasteiger charge is -2.17. The Morgan fingerprint density at radius 2 is 1.39 bits per heavy atom. The molecule has 0 aliphatic rings. The molecule has 0 bridgehead atoms. The van der Waals surface area contributed by atoms with Gasteiger partial charge in [0, 0.05) is 46.3 Å². The van der Waals surface area contributed by atoms with Crippen LogP contribution in [0.25, 0.3) is 32.9 Å². The smallest absolute Gasteiger partial charge is 0.100 e. The van der Waals surface area contributed by atoms with Crippen LogP contribution in [0.4, 0.5) is 0 Å². The fraction of sp³-hybridized carbons (Fsp3) is 0.0625. The Labute approximate surface area is 209 Å². The minimum Gasteiger partial charge on any atom is -0.323 e. The molecule has 0 aliphatic carbocycles. The van der Waals surface area contributed by atoms with Crippen LogP contribution < -0.4 is 0 Å². The van der Waals surface area contributed by atoms with Crippen molar-refractivity contribution in [3.63, 3.8) is 0 Å². The summed E-state index contributed by atoms with van der Waals surface area (Å²) in [6.07, 6.45) is 8.89. The third-order valence-corrected chi connectivity index (χ3v) is 6.87. The zero-order chi connectivity index (χ0) is 24.6. The lowest BCUT2D eigenvalue weighted by molar-refractivity contribution is 1.06. The van der Waals surface area contributed by atoms with Crippen molar-refractivity contribution in [3.05, 3.63) is 131 Å². The van der Waals surface area contributed by atoms with E-state index in [0.29, 0.717) is 17.5 Å². The van der Waals surface area contributed by atoms with Gasteiger partial charge in [-0.25, -0.2) is 0 Å². The molecule has 2 heterocycles. The molecule has 2 aromatic heterocycles. The van der Waals surface area contributed by atoms with Crippen LogP contribution in [0.5, 0.6) is 0 Å². The van der Waals surface area contributed by atoms with Gasteiger partial charge < -0.3 is 9.13 Å². The third-order valence-electron chi connectivity index (χ3n) is 6.87. The summed E-state index contributed by atoms with van der Waals surface area (Å²) in [6.45, 7) is 2.14. The van der Waals surface area contributed by atoms with Crippen LogP contribution in [0.2, 0.25) is 0 Å². The number of benzene rings is 4. The van der Waals surface area contributed by atoms with Crippen LogP contribution in [-0.2, 0) is 6.42 Å². The van der Waals surface area contributed by atoms with E-state index in [4.69, 9.17) is 0 Å². The SMILES string of the molecule is Cc1ccc2c(-n3cccc3)cc(Cc3ccc4c(C#N)cccc4c3C#N)cc2c1-n1cccc1. The van der Waals surface area contributed by atoms with Crippen molar-refractivity contribution < 1.29 is 0 Å². The highest BCUT2D eigenvalue weighted by Crippen LogP contribution is 2.34. The van der Waals surface area contributed by atoms with Crippen molar-refractivity contribution in [1.82, 2.24) is 9.13 Å². The van der Waals surface area contributed by atoms with Crippen molar-refractivity contribution in [2.45, 2.75) is 13.3 Å². The first-order valence-electron chi connectivity index (χ1n) is 11.9. The van der Waals surface area contributed by atoms with Gasteiger partial charge in [0.15, 0.2) is 0 Å². The standard InChI is InChI=1S/C32H22N4/c1-22-9-11-28-29(32(22)36-15-4-5-16-36)18-23(19-31(28)35-13-2-3-14-35)17-24-10-12-26-25(20-33)7-6-8-27(26)30(24)21-34/h2-16,18-19H,17H2,1H3. The normalized spacial score (nSPS) is 11.0. The van der Waals surface area contributed by atoms with E-state index < -0.39 is 0 Å². The molecule has 4 heteroatoms. The Kier molecular flexibility index (Phi) is 5.14. The molecule has 0 unspecified atom stereocenters. The Morgan fingerprint density at radius 3 is 2.11 bits per heavy atom. The Bertz CT molecular complexity index is 1830. The number of hydrogen-bond acceptors (Lipinski definition) is 2. The molecule has 0 N–H and O–H groups in total. The molecular weight excluding hydrogens is 440 g/mol. The Balaban J connectivity index is 1.59. The summed E-state index contributed by atoms with van der Waals surface area (Å²) in [5.41, 5.74) is 6.75. The van der Waals surface area contributed by atoms with Gasteiger partial charge in [-0.1, -0.05) is 36.4 Å². The molecule has 36 heavy (non-hydrogen) atoms. The van der Waals surface area contributed by atoms with Gasteiger partial charge in [0.1, 0.15) is 6.07 Å². The van der Waals surface area contributed by atoms with Crippen molar-refractivity contribution in [1.29, 1.82) is 10.5 Å². The van der Waals surface area contributed by atoms with Crippen molar-refractivity contribution in [3.8, 4) is 23.5 Å². The van der Waals surface area contributed by atoms with E-state index >= 15 is 0 Å². The van der Waals surface area contributed by atoms with Crippen LogP contribution in [-0.4, -0.2) is 9.13 Å². The average molecular weight is 463 g/mol. The van der Waals surface area contributed by atoms with E-state index in [-0.39, 0.29) is 0 Å². The molecule has 6 aromatic rings. The lowest BCUT2D eigenvalue weighted by Crippen LogP contribution is -2.01. The van der Waals surface area contributed by atoms with E-state index in [1.165, 1.54) is 16.3 Å². The topological polar surface area (TPSA) is 57.4 Å². The van der Waals surface area contributed by atoms with Gasteiger partial charge in [0.2, 0.25) is 0 Å². The summed E-state index contributed by atoms with van der Waals surface area (Å²) >= 11 is 0. The van der Waals surface area contributed by atoms with Crippen LogP contribution in [0.3, 0.4) is 0 Å². The van der Waals surface area contributed by atoms with Gasteiger partial charge in [0.25, 0.3) is 0 Å². The van der Waals surface area contributed by atoms with Gasteiger partial charge in [-0.15, -0.1) is 0 Å². The molecule has 170 valence electrons. The second-order valence-corrected chi connectivity index (χ2v) is 9.02. The summed E-state index contributed by atoms with van der Waals surface area (Å²) in [7, 11) is 0. The molecule has 0 saturated heterocycles. The maximum absolute atomic E-state index is 10.1. The summed E-state index contributed by atoms with van der Waals surface area (Å²) in [5.74, 6) is 0. The minimum absolute atomic E-state index is 0.586. The van der Waals surface area contributed by atoms with Gasteiger partial charge in [-0.2, -0.15) is 10.5 Å². The highest BCUT2D eigenvalue weighted by atomic mass is 15.0. The van der Waals surface area contributed by atoms with Crippen molar-refractivity contribution in [2.24, 2.45) is 0 Å². The van der Waals surface area contributed by atoms with E-state index in [0.717, 1.165) is 33.3 Å². The highest BCUT2D eigenvalue weighted by Gasteiger charge is 2.15. The zero-order valence-corrected chi connectivity index (χ0v) is 19.8. The van der Waals surface area contributed by atoms with E-state index in [9.17, 15) is 10.5 Å². The predicted octanol–water partition coefficient (Wildman–Crippen LogP) is 7.22. The largest absolute Gasteiger partial charge is 0.323 e. The van der Waals surface area contributed by atoms with Crippen LogP contribution in [0.15, 0.2) is 104 Å². The number of fused-ring (bicyclic) bond motifs is 2. The fourth-order valence-corrected chi connectivity index (χ4v) is 5.20. The maximum Gasteiger partial charge on any atom is 0.100 e. The van der Waals surface area contributed by atoms with Crippen LogP contribution >= 0.6 is 0 Å². The molecule has 0 saturated carbocycles. The molecule has 6 rings (SSSR count). The molecule has 0 fully saturated rings. The monoisotopic (exact) mass is 462 g/mol. The number of aryl methyl sites for hydroxylation is 1. The number of rotatable bonds is 4. The lowest BCUT2D eigenvalue weighted by atomic mass is 9.92. The minimum atomic E-state index is 0.586. The molecule has 0 amide bonds. The van der Waals surface area contributed by atoms with Crippen LogP contribution in [0.1, 0.15) is 27.8 Å². The van der Waals surface area contributed by atoms with Gasteiger partial charge >= 0.3 is 0 Å². The van der Waals surface area contributed by atoms with E-state index in [2.05, 4.69) is 77.2 Å². The zero-order valence-electron chi connectivity index (χ0n) is 19.8. The van der Waals surface area contributed by atoms with Gasteiger partial charge in [0.05, 0.1) is 28.6 Å². The molecule has 4 nitrogen and oxygen atoms in total. The van der Waals surface area contributed by atoms with E-state index in [1.54, 1.807) is 6.07 Å². The quantitative estimate of drug-likeness (QED) is 0.278. The van der Waals surface area contributed by atoms with Crippen molar-refractivity contribution >= 4 is 21.5 Å². The summed E-state index contributed by atoms with van der Waals surface area (Å²) in [6, 6.07) is 31.2. The first-order valence-corrected chi connectivity index (χ1v) is 11.9. The second-order valence-electron chi connectivity index (χ2n) is 9.02. The number of hydrogen-bond donors (Lipinski definition) is 0.